The maximum atomic E-state index is 13.2. The molecule has 2 aromatic carbocycles. The lowest BCUT2D eigenvalue weighted by Gasteiger charge is -2.32. The lowest BCUT2D eigenvalue weighted by Crippen LogP contribution is -2.41. The third-order valence-electron chi connectivity index (χ3n) is 5.99. The summed E-state index contributed by atoms with van der Waals surface area (Å²) in [5, 5.41) is 12.0. The van der Waals surface area contributed by atoms with Gasteiger partial charge in [-0.05, 0) is 48.7 Å². The van der Waals surface area contributed by atoms with Crippen LogP contribution < -0.4 is 10.2 Å². The van der Waals surface area contributed by atoms with Crippen LogP contribution in [0.1, 0.15) is 12.8 Å². The van der Waals surface area contributed by atoms with Gasteiger partial charge in [-0.1, -0.05) is 48.5 Å². The van der Waals surface area contributed by atoms with Gasteiger partial charge in [0.15, 0.2) is 5.82 Å². The molecule has 0 bridgehead atoms. The van der Waals surface area contributed by atoms with Crippen molar-refractivity contribution in [3.05, 3.63) is 91.3 Å². The fourth-order valence-corrected chi connectivity index (χ4v) is 4.26. The Morgan fingerprint density at radius 2 is 1.70 bits per heavy atom. The lowest BCUT2D eigenvalue weighted by atomic mass is 9.96. The van der Waals surface area contributed by atoms with Crippen LogP contribution in [-0.4, -0.2) is 34.2 Å². The first-order valence-electron chi connectivity index (χ1n) is 11.2. The van der Waals surface area contributed by atoms with Gasteiger partial charge in [0.2, 0.25) is 5.91 Å². The predicted octanol–water partition coefficient (Wildman–Crippen LogP) is 5.06. The predicted molar refractivity (Wildman–Crippen MR) is 131 cm³/mol. The number of benzene rings is 2. The second kappa shape index (κ2) is 9.61. The fourth-order valence-electron chi connectivity index (χ4n) is 4.26. The van der Waals surface area contributed by atoms with Gasteiger partial charge in [0.25, 0.3) is 0 Å². The highest BCUT2D eigenvalue weighted by Crippen LogP contribution is 2.29. The van der Waals surface area contributed by atoms with E-state index >= 15 is 0 Å². The first-order chi connectivity index (χ1) is 16.3. The Balaban J connectivity index is 1.28. The zero-order chi connectivity index (χ0) is 22.5. The molecule has 4 aromatic rings. The van der Waals surface area contributed by atoms with Gasteiger partial charge >= 0.3 is 0 Å². The molecule has 0 saturated carbocycles. The first-order valence-corrected chi connectivity index (χ1v) is 11.2. The van der Waals surface area contributed by atoms with Crippen molar-refractivity contribution in [1.29, 1.82) is 0 Å². The van der Waals surface area contributed by atoms with E-state index in [0.29, 0.717) is 6.54 Å². The third kappa shape index (κ3) is 4.75. The minimum atomic E-state index is -0.109. The molecule has 1 aliphatic rings. The summed E-state index contributed by atoms with van der Waals surface area (Å²) in [4.78, 5) is 19.5. The van der Waals surface area contributed by atoms with Crippen LogP contribution in [-0.2, 0) is 4.79 Å². The monoisotopic (exact) mass is 435 g/mol. The molecule has 1 aliphatic heterocycles. The van der Waals surface area contributed by atoms with Crippen LogP contribution in [0.4, 0.5) is 11.5 Å². The lowest BCUT2D eigenvalue weighted by molar-refractivity contribution is -0.120. The number of aromatic nitrogens is 3. The summed E-state index contributed by atoms with van der Waals surface area (Å²) in [6, 6.07) is 25.8. The van der Waals surface area contributed by atoms with Crippen LogP contribution in [0.5, 0.6) is 0 Å². The molecule has 1 saturated heterocycles. The van der Waals surface area contributed by atoms with Crippen molar-refractivity contribution in [3.8, 4) is 22.4 Å². The van der Waals surface area contributed by atoms with Crippen molar-refractivity contribution in [2.24, 2.45) is 5.92 Å². The van der Waals surface area contributed by atoms with Crippen molar-refractivity contribution in [2.45, 2.75) is 12.8 Å². The fraction of sp³-hybridized carbons (Fsp3) is 0.185. The molecule has 2 aromatic heterocycles. The summed E-state index contributed by atoms with van der Waals surface area (Å²) in [6.45, 7) is 1.49. The number of para-hydroxylation sites is 1. The molecule has 6 heteroatoms. The minimum absolute atomic E-state index is 0.0445. The van der Waals surface area contributed by atoms with Crippen molar-refractivity contribution < 1.29 is 4.79 Å². The van der Waals surface area contributed by atoms with E-state index in [4.69, 9.17) is 0 Å². The van der Waals surface area contributed by atoms with E-state index in [1.807, 2.05) is 66.7 Å². The Kier molecular flexibility index (Phi) is 6.06. The summed E-state index contributed by atoms with van der Waals surface area (Å²) in [7, 11) is 0. The average Bonchev–Trinajstić information content (AvgIpc) is 2.90. The highest BCUT2D eigenvalue weighted by atomic mass is 16.1. The quantitative estimate of drug-likeness (QED) is 0.474. The Morgan fingerprint density at radius 1 is 0.879 bits per heavy atom. The molecule has 1 unspecified atom stereocenters. The van der Waals surface area contributed by atoms with Crippen LogP contribution in [0.25, 0.3) is 22.4 Å². The van der Waals surface area contributed by atoms with Gasteiger partial charge in [-0.25, -0.2) is 0 Å². The summed E-state index contributed by atoms with van der Waals surface area (Å²) >= 11 is 0. The number of amides is 1. The molecule has 164 valence electrons. The molecular formula is C27H25N5O. The van der Waals surface area contributed by atoms with Gasteiger partial charge in [0.05, 0.1) is 11.6 Å². The van der Waals surface area contributed by atoms with Gasteiger partial charge in [0.1, 0.15) is 0 Å². The number of nitrogens with zero attached hydrogens (tertiary/aromatic N) is 4. The van der Waals surface area contributed by atoms with E-state index in [0.717, 1.165) is 53.3 Å². The van der Waals surface area contributed by atoms with E-state index in [1.165, 1.54) is 0 Å². The second-order valence-corrected chi connectivity index (χ2v) is 8.20. The molecular weight excluding hydrogens is 410 g/mol. The zero-order valence-corrected chi connectivity index (χ0v) is 18.3. The van der Waals surface area contributed by atoms with E-state index in [9.17, 15) is 4.79 Å². The van der Waals surface area contributed by atoms with Crippen molar-refractivity contribution in [2.75, 3.05) is 23.3 Å². The number of nitrogens with one attached hydrogen (secondary N) is 1. The normalized spacial score (nSPS) is 15.8. The number of rotatable bonds is 5. The molecule has 1 fully saturated rings. The number of hydrogen-bond donors (Lipinski definition) is 1. The molecule has 0 spiro atoms. The highest BCUT2D eigenvalue weighted by Gasteiger charge is 2.27. The van der Waals surface area contributed by atoms with Gasteiger partial charge in [0, 0.05) is 42.3 Å². The molecule has 3 heterocycles. The van der Waals surface area contributed by atoms with Crippen molar-refractivity contribution >= 4 is 17.4 Å². The number of piperidine rings is 1. The molecule has 1 N–H and O–H groups in total. The summed E-state index contributed by atoms with van der Waals surface area (Å²) in [5.74, 6) is 0.732. The van der Waals surface area contributed by atoms with Crippen molar-refractivity contribution in [3.63, 3.8) is 0 Å². The average molecular weight is 436 g/mol. The number of carbonyl (C=O) groups excluding carboxylic acids is 1. The molecule has 1 amide bonds. The molecule has 33 heavy (non-hydrogen) atoms. The molecule has 6 nitrogen and oxygen atoms in total. The Morgan fingerprint density at radius 3 is 2.48 bits per heavy atom. The maximum absolute atomic E-state index is 13.2. The molecule has 0 aliphatic carbocycles. The number of hydrogen-bond acceptors (Lipinski definition) is 5. The van der Waals surface area contributed by atoms with Crippen molar-refractivity contribution in [1.82, 2.24) is 15.2 Å². The summed E-state index contributed by atoms with van der Waals surface area (Å²) in [6.07, 6.45) is 5.31. The van der Waals surface area contributed by atoms with Crippen LogP contribution in [0.15, 0.2) is 91.3 Å². The number of carbonyl (C=O) groups is 1. The Labute approximate surface area is 193 Å². The number of anilines is 2. The third-order valence-corrected chi connectivity index (χ3v) is 5.99. The van der Waals surface area contributed by atoms with E-state index in [2.05, 4.69) is 37.5 Å². The smallest absolute Gasteiger partial charge is 0.229 e. The van der Waals surface area contributed by atoms with E-state index in [-0.39, 0.29) is 11.8 Å². The van der Waals surface area contributed by atoms with Crippen LogP contribution >= 0.6 is 0 Å². The van der Waals surface area contributed by atoms with Crippen LogP contribution in [0, 0.1) is 5.92 Å². The molecule has 0 radical (unpaired) electrons. The highest BCUT2D eigenvalue weighted by molar-refractivity contribution is 5.97. The Bertz CT molecular complexity index is 1210. The summed E-state index contributed by atoms with van der Waals surface area (Å²) in [5.41, 5.74) is 4.67. The number of pyridine rings is 1. The van der Waals surface area contributed by atoms with Gasteiger partial charge in [-0.15, -0.1) is 10.2 Å². The van der Waals surface area contributed by atoms with Gasteiger partial charge in [-0.2, -0.15) is 0 Å². The van der Waals surface area contributed by atoms with Gasteiger partial charge in [-0.3, -0.25) is 9.78 Å². The maximum Gasteiger partial charge on any atom is 0.229 e. The standard InChI is InChI=1S/C27H25N5O/c33-27(29-25-13-5-4-12-23(25)20-8-2-1-3-9-20)22-11-7-17-32(19-22)26-15-14-24(30-31-26)21-10-6-16-28-18-21/h1-6,8-10,12-16,18,22H,7,11,17,19H2,(H,29,33). The largest absolute Gasteiger partial charge is 0.354 e. The molecule has 1 atom stereocenters. The second-order valence-electron chi connectivity index (χ2n) is 8.20. The van der Waals surface area contributed by atoms with Crippen LogP contribution in [0.3, 0.4) is 0 Å². The van der Waals surface area contributed by atoms with Gasteiger partial charge < -0.3 is 10.2 Å². The van der Waals surface area contributed by atoms with E-state index in [1.54, 1.807) is 12.4 Å². The summed E-state index contributed by atoms with van der Waals surface area (Å²) < 4.78 is 0. The first kappa shape index (κ1) is 20.8. The Hall–Kier alpha value is -4.06. The zero-order valence-electron chi connectivity index (χ0n) is 18.3. The SMILES string of the molecule is O=C(Nc1ccccc1-c1ccccc1)C1CCCN(c2ccc(-c3cccnc3)nn2)C1. The van der Waals surface area contributed by atoms with Crippen LogP contribution in [0.2, 0.25) is 0 Å². The molecule has 5 rings (SSSR count). The van der Waals surface area contributed by atoms with E-state index < -0.39 is 0 Å². The minimum Gasteiger partial charge on any atom is -0.354 e. The topological polar surface area (TPSA) is 71.0 Å².